The van der Waals surface area contributed by atoms with E-state index >= 15 is 0 Å². The van der Waals surface area contributed by atoms with Crippen LogP contribution in [0.25, 0.3) is 0 Å². The molecule has 0 saturated carbocycles. The molecule has 1 amide bonds. The topological polar surface area (TPSA) is 79.0 Å². The Morgan fingerprint density at radius 2 is 1.42 bits per heavy atom. The fraction of sp³-hybridized carbons (Fsp3) is 0.321. The molecule has 0 heterocycles. The number of sulfonamides is 1. The Labute approximate surface area is 214 Å². The molecule has 0 saturated heterocycles. The van der Waals surface area contributed by atoms with Gasteiger partial charge in [0.2, 0.25) is 5.91 Å². The van der Waals surface area contributed by atoms with Gasteiger partial charge in [0.25, 0.3) is 10.0 Å². The number of aryl methyl sites for hydroxylation is 1. The van der Waals surface area contributed by atoms with Crippen molar-refractivity contribution >= 4 is 27.3 Å². The zero-order chi connectivity index (χ0) is 26.1. The summed E-state index contributed by atoms with van der Waals surface area (Å²) in [5, 5.41) is 2.86. The molecule has 3 aromatic carbocycles. The lowest BCUT2D eigenvalue weighted by atomic mass is 10.2. The fourth-order valence-electron chi connectivity index (χ4n) is 3.83. The summed E-state index contributed by atoms with van der Waals surface area (Å²) in [7, 11) is -3.99. The highest BCUT2D eigenvalue weighted by Gasteiger charge is 2.27. The number of anilines is 2. The van der Waals surface area contributed by atoms with E-state index in [0.717, 1.165) is 34.2 Å². The van der Waals surface area contributed by atoms with E-state index in [2.05, 4.69) is 24.1 Å². The van der Waals surface area contributed by atoms with Crippen molar-refractivity contribution in [1.82, 2.24) is 5.32 Å². The first kappa shape index (κ1) is 27.1. The SMILES string of the molecule is CCOc1ccc(S(=O)(=O)N(CC(=O)NCc2ccc(N(CC)CC)cc2)c2ccc(C)cc2)cc1. The van der Waals surface area contributed by atoms with Gasteiger partial charge in [-0.2, -0.15) is 0 Å². The summed E-state index contributed by atoms with van der Waals surface area (Å²) in [5.74, 6) is 0.195. The average molecular weight is 510 g/mol. The third-order valence-electron chi connectivity index (χ3n) is 5.89. The molecule has 1 N–H and O–H groups in total. The maximum atomic E-state index is 13.6. The fourth-order valence-corrected chi connectivity index (χ4v) is 5.25. The molecule has 0 aromatic heterocycles. The van der Waals surface area contributed by atoms with Crippen molar-refractivity contribution in [3.05, 3.63) is 83.9 Å². The standard InChI is InChI=1S/C28H35N3O4S/c1-5-30(6-2)24-14-10-23(11-15-24)20-29-28(32)21-31(25-12-8-22(4)9-13-25)36(33,34)27-18-16-26(17-19-27)35-7-3/h8-19H,5-7,20-21H2,1-4H3,(H,29,32). The second-order valence-corrected chi connectivity index (χ2v) is 10.2. The Bertz CT molecular complexity index is 1220. The maximum Gasteiger partial charge on any atom is 0.264 e. The number of hydrogen-bond donors (Lipinski definition) is 1. The summed E-state index contributed by atoms with van der Waals surface area (Å²) in [5.41, 5.74) is 3.49. The summed E-state index contributed by atoms with van der Waals surface area (Å²) >= 11 is 0. The van der Waals surface area contributed by atoms with Gasteiger partial charge >= 0.3 is 0 Å². The lowest BCUT2D eigenvalue weighted by Crippen LogP contribution is -2.40. The molecule has 0 fully saturated rings. The maximum absolute atomic E-state index is 13.6. The Morgan fingerprint density at radius 3 is 1.97 bits per heavy atom. The second kappa shape index (κ2) is 12.4. The number of nitrogens with one attached hydrogen (secondary N) is 1. The Morgan fingerprint density at radius 1 is 0.833 bits per heavy atom. The van der Waals surface area contributed by atoms with E-state index < -0.39 is 15.9 Å². The Hall–Kier alpha value is -3.52. The van der Waals surface area contributed by atoms with Crippen LogP contribution >= 0.6 is 0 Å². The van der Waals surface area contributed by atoms with E-state index in [9.17, 15) is 13.2 Å². The molecule has 0 spiro atoms. The van der Waals surface area contributed by atoms with Gasteiger partial charge in [0, 0.05) is 25.3 Å². The highest BCUT2D eigenvalue weighted by molar-refractivity contribution is 7.92. The molecule has 0 aliphatic heterocycles. The third kappa shape index (κ3) is 6.79. The van der Waals surface area contributed by atoms with Crippen LogP contribution in [0.1, 0.15) is 31.9 Å². The number of ether oxygens (including phenoxy) is 1. The van der Waals surface area contributed by atoms with Gasteiger partial charge in [-0.1, -0.05) is 29.8 Å². The number of carbonyl (C=O) groups is 1. The van der Waals surface area contributed by atoms with Gasteiger partial charge in [0.1, 0.15) is 12.3 Å². The minimum atomic E-state index is -3.99. The van der Waals surface area contributed by atoms with E-state index in [4.69, 9.17) is 4.74 Å². The van der Waals surface area contributed by atoms with Crippen LogP contribution in [0.3, 0.4) is 0 Å². The zero-order valence-corrected chi connectivity index (χ0v) is 22.2. The second-order valence-electron chi connectivity index (χ2n) is 8.37. The molecule has 3 rings (SSSR count). The van der Waals surface area contributed by atoms with E-state index in [0.29, 0.717) is 24.6 Å². The predicted octanol–water partition coefficient (Wildman–Crippen LogP) is 4.75. The van der Waals surface area contributed by atoms with Crippen molar-refractivity contribution in [2.75, 3.05) is 35.4 Å². The van der Waals surface area contributed by atoms with Crippen molar-refractivity contribution in [1.29, 1.82) is 0 Å². The summed E-state index contributed by atoms with van der Waals surface area (Å²) in [6, 6.07) is 21.3. The number of rotatable bonds is 12. The van der Waals surface area contributed by atoms with Gasteiger partial charge in [-0.25, -0.2) is 8.42 Å². The highest BCUT2D eigenvalue weighted by atomic mass is 32.2. The Balaban J connectivity index is 1.77. The number of nitrogens with zero attached hydrogens (tertiary/aromatic N) is 2. The van der Waals surface area contributed by atoms with Crippen LogP contribution in [-0.2, 0) is 21.4 Å². The van der Waals surface area contributed by atoms with Gasteiger partial charge in [-0.05, 0) is 81.8 Å². The van der Waals surface area contributed by atoms with Crippen molar-refractivity contribution in [3.63, 3.8) is 0 Å². The molecule has 7 nitrogen and oxygen atoms in total. The lowest BCUT2D eigenvalue weighted by molar-refractivity contribution is -0.119. The molecule has 0 aliphatic rings. The van der Waals surface area contributed by atoms with E-state index in [1.165, 1.54) is 12.1 Å². The smallest absolute Gasteiger partial charge is 0.264 e. The average Bonchev–Trinajstić information content (AvgIpc) is 2.88. The van der Waals surface area contributed by atoms with Gasteiger partial charge in [0.15, 0.2) is 0 Å². The van der Waals surface area contributed by atoms with E-state index in [-0.39, 0.29) is 11.4 Å². The predicted molar refractivity (Wildman–Crippen MR) is 145 cm³/mol. The molecule has 0 unspecified atom stereocenters. The van der Waals surface area contributed by atoms with Gasteiger partial charge < -0.3 is 15.0 Å². The van der Waals surface area contributed by atoms with Crippen LogP contribution in [0.2, 0.25) is 0 Å². The first-order chi connectivity index (χ1) is 17.3. The first-order valence-corrected chi connectivity index (χ1v) is 13.6. The number of benzene rings is 3. The summed E-state index contributed by atoms with van der Waals surface area (Å²) in [6.07, 6.45) is 0. The number of carbonyl (C=O) groups excluding carboxylic acids is 1. The van der Waals surface area contributed by atoms with Gasteiger partial charge in [-0.3, -0.25) is 9.10 Å². The summed E-state index contributed by atoms with van der Waals surface area (Å²) in [4.78, 5) is 15.2. The number of hydrogen-bond acceptors (Lipinski definition) is 5. The minimum Gasteiger partial charge on any atom is -0.494 e. The lowest BCUT2D eigenvalue weighted by Gasteiger charge is -2.24. The third-order valence-corrected chi connectivity index (χ3v) is 7.67. The monoisotopic (exact) mass is 509 g/mol. The molecular weight excluding hydrogens is 474 g/mol. The van der Waals surface area contributed by atoms with Crippen molar-refractivity contribution in [2.24, 2.45) is 0 Å². The molecule has 3 aromatic rings. The number of amides is 1. The molecular formula is C28H35N3O4S. The largest absolute Gasteiger partial charge is 0.494 e. The minimum absolute atomic E-state index is 0.0892. The molecule has 192 valence electrons. The highest BCUT2D eigenvalue weighted by Crippen LogP contribution is 2.25. The molecule has 36 heavy (non-hydrogen) atoms. The summed E-state index contributed by atoms with van der Waals surface area (Å²) < 4.78 is 33.7. The van der Waals surface area contributed by atoms with E-state index in [1.807, 2.05) is 50.2 Å². The quantitative estimate of drug-likeness (QED) is 0.381. The Kier molecular flexibility index (Phi) is 9.36. The van der Waals surface area contributed by atoms with Crippen LogP contribution in [0, 0.1) is 6.92 Å². The van der Waals surface area contributed by atoms with Crippen LogP contribution in [-0.4, -0.2) is 40.6 Å². The zero-order valence-electron chi connectivity index (χ0n) is 21.4. The normalized spacial score (nSPS) is 11.1. The molecule has 0 atom stereocenters. The van der Waals surface area contributed by atoms with Crippen molar-refractivity contribution < 1.29 is 17.9 Å². The van der Waals surface area contributed by atoms with Gasteiger partial charge in [-0.15, -0.1) is 0 Å². The molecule has 0 aliphatic carbocycles. The summed E-state index contributed by atoms with van der Waals surface area (Å²) in [6.45, 7) is 10.3. The molecule has 8 heteroatoms. The van der Waals surface area contributed by atoms with Crippen LogP contribution in [0.15, 0.2) is 77.7 Å². The molecule has 0 bridgehead atoms. The van der Waals surface area contributed by atoms with Crippen LogP contribution in [0.5, 0.6) is 5.75 Å². The first-order valence-electron chi connectivity index (χ1n) is 12.2. The van der Waals surface area contributed by atoms with Gasteiger partial charge in [0.05, 0.1) is 17.2 Å². The molecule has 0 radical (unpaired) electrons. The van der Waals surface area contributed by atoms with Crippen LogP contribution < -0.4 is 19.3 Å². The van der Waals surface area contributed by atoms with Crippen LogP contribution in [0.4, 0.5) is 11.4 Å². The van der Waals surface area contributed by atoms with Crippen molar-refractivity contribution in [3.8, 4) is 5.75 Å². The van der Waals surface area contributed by atoms with E-state index in [1.54, 1.807) is 24.3 Å². The van der Waals surface area contributed by atoms with Crippen molar-refractivity contribution in [2.45, 2.75) is 39.1 Å².